The Hall–Kier alpha value is -4.44. The monoisotopic (exact) mass is 436 g/mol. The minimum absolute atomic E-state index is 0.0507. The molecule has 0 N–H and O–H groups in total. The number of rotatable bonds is 1. The van der Waals surface area contributed by atoms with Crippen molar-refractivity contribution in [2.24, 2.45) is 0 Å². The van der Waals surface area contributed by atoms with Gasteiger partial charge in [0.2, 0.25) is 0 Å². The lowest BCUT2D eigenvalue weighted by Gasteiger charge is -2.33. The second-order valence-corrected chi connectivity index (χ2v) is 8.85. The summed E-state index contributed by atoms with van der Waals surface area (Å²) in [5.74, 6) is 3.46. The maximum Gasteiger partial charge on any atom is 0.260 e. The third kappa shape index (κ3) is 2.32. The minimum Gasteiger partial charge on any atom is -0.458 e. The molecule has 0 saturated heterocycles. The van der Waals surface area contributed by atoms with Crippen LogP contribution in [-0.4, -0.2) is 6.71 Å². The molecule has 3 heterocycles. The molecule has 2 aliphatic heterocycles. The summed E-state index contributed by atoms with van der Waals surface area (Å²) in [4.78, 5) is 0. The average Bonchev–Trinajstić information content (AvgIpc) is 3.28. The number of hydrogen-bond acceptors (Lipinski definition) is 3. The Labute approximate surface area is 196 Å². The summed E-state index contributed by atoms with van der Waals surface area (Å²) in [6, 6.07) is 35.2. The first-order valence-electron chi connectivity index (χ1n) is 11.5. The third-order valence-corrected chi connectivity index (χ3v) is 7.03. The Morgan fingerprint density at radius 2 is 1.21 bits per heavy atom. The Kier molecular flexibility index (Phi) is 3.48. The number of fused-ring (bicyclic) bond motifs is 7. The molecule has 8 rings (SSSR count). The average molecular weight is 436 g/mol. The lowest BCUT2D eigenvalue weighted by Crippen LogP contribution is -2.57. The lowest BCUT2D eigenvalue weighted by atomic mass is 9.34. The first-order chi connectivity index (χ1) is 16.9. The molecular weight excluding hydrogens is 419 g/mol. The largest absolute Gasteiger partial charge is 0.458 e. The van der Waals surface area contributed by atoms with E-state index in [1.54, 1.807) is 0 Å². The number of hydrogen-bond donors (Lipinski definition) is 0. The molecule has 158 valence electrons. The molecule has 0 unspecified atom stereocenters. The summed E-state index contributed by atoms with van der Waals surface area (Å²) in [5.41, 5.74) is 7.17. The van der Waals surface area contributed by atoms with Gasteiger partial charge in [0, 0.05) is 27.4 Å². The second-order valence-electron chi connectivity index (χ2n) is 8.85. The van der Waals surface area contributed by atoms with Crippen LogP contribution >= 0.6 is 0 Å². The zero-order chi connectivity index (χ0) is 22.2. The summed E-state index contributed by atoms with van der Waals surface area (Å²) >= 11 is 0. The number of furan rings is 1. The van der Waals surface area contributed by atoms with E-state index in [4.69, 9.17) is 13.9 Å². The van der Waals surface area contributed by atoms with Crippen LogP contribution in [0.2, 0.25) is 0 Å². The van der Waals surface area contributed by atoms with Crippen molar-refractivity contribution in [3.63, 3.8) is 0 Å². The summed E-state index contributed by atoms with van der Waals surface area (Å²) in [6.07, 6.45) is 0. The van der Waals surface area contributed by atoms with Crippen molar-refractivity contribution in [3.05, 3.63) is 103 Å². The van der Waals surface area contributed by atoms with Crippen LogP contribution in [0, 0.1) is 0 Å². The smallest absolute Gasteiger partial charge is 0.260 e. The van der Waals surface area contributed by atoms with E-state index >= 15 is 0 Å². The van der Waals surface area contributed by atoms with Crippen LogP contribution in [0.15, 0.2) is 108 Å². The highest BCUT2D eigenvalue weighted by molar-refractivity contribution is 6.98. The van der Waals surface area contributed by atoms with Crippen LogP contribution < -0.4 is 25.9 Å². The fraction of sp³-hybridized carbons (Fsp3) is 0. The molecule has 0 atom stereocenters. The van der Waals surface area contributed by atoms with Crippen molar-refractivity contribution in [3.8, 4) is 34.1 Å². The molecule has 1 aromatic heterocycles. The molecule has 2 aliphatic rings. The van der Waals surface area contributed by atoms with E-state index in [0.29, 0.717) is 0 Å². The van der Waals surface area contributed by atoms with E-state index < -0.39 is 0 Å². The van der Waals surface area contributed by atoms with Crippen LogP contribution in [0.5, 0.6) is 23.0 Å². The van der Waals surface area contributed by atoms with Gasteiger partial charge < -0.3 is 13.9 Å². The van der Waals surface area contributed by atoms with E-state index in [9.17, 15) is 0 Å². The van der Waals surface area contributed by atoms with Gasteiger partial charge in [-0.25, -0.2) is 0 Å². The summed E-state index contributed by atoms with van der Waals surface area (Å²) < 4.78 is 19.4. The maximum absolute atomic E-state index is 6.63. The van der Waals surface area contributed by atoms with Gasteiger partial charge in [-0.05, 0) is 41.3 Å². The fourth-order valence-electron chi connectivity index (χ4n) is 5.56. The molecule has 6 aromatic rings. The van der Waals surface area contributed by atoms with E-state index in [1.165, 1.54) is 0 Å². The molecule has 0 radical (unpaired) electrons. The van der Waals surface area contributed by atoms with Crippen molar-refractivity contribution in [2.75, 3.05) is 0 Å². The van der Waals surface area contributed by atoms with Crippen molar-refractivity contribution >= 4 is 45.0 Å². The standard InChI is InChI=1S/C30H17BO3/c1-4-13-24-18(8-1)19-9-7-10-20(29(19)33-24)21-16-17-27-28-30(21)34-26-15-6-3-12-23(26)31(28)22-11-2-5-14-25(22)32-27/h1-17H. The first-order valence-corrected chi connectivity index (χ1v) is 11.5. The van der Waals surface area contributed by atoms with Gasteiger partial charge in [-0.2, -0.15) is 0 Å². The van der Waals surface area contributed by atoms with Gasteiger partial charge in [0.15, 0.2) is 0 Å². The molecule has 0 saturated carbocycles. The lowest BCUT2D eigenvalue weighted by molar-refractivity contribution is 0.465. The molecule has 0 bridgehead atoms. The molecular formula is C30H17BO3. The normalized spacial score (nSPS) is 13.1. The molecule has 3 nitrogen and oxygen atoms in total. The minimum atomic E-state index is 0.0507. The summed E-state index contributed by atoms with van der Waals surface area (Å²) in [7, 11) is 0. The first kappa shape index (κ1) is 18.0. The van der Waals surface area contributed by atoms with E-state index in [-0.39, 0.29) is 6.71 Å². The highest BCUT2D eigenvalue weighted by atomic mass is 16.5. The van der Waals surface area contributed by atoms with Gasteiger partial charge in [0.1, 0.15) is 34.2 Å². The zero-order valence-corrected chi connectivity index (χ0v) is 18.1. The van der Waals surface area contributed by atoms with Crippen LogP contribution in [0.3, 0.4) is 0 Å². The quantitative estimate of drug-likeness (QED) is 0.297. The van der Waals surface area contributed by atoms with Crippen molar-refractivity contribution in [1.82, 2.24) is 0 Å². The summed E-state index contributed by atoms with van der Waals surface area (Å²) in [5, 5.41) is 2.22. The number of para-hydroxylation sites is 4. The van der Waals surface area contributed by atoms with Crippen molar-refractivity contribution in [1.29, 1.82) is 0 Å². The molecule has 0 fully saturated rings. The van der Waals surface area contributed by atoms with Gasteiger partial charge in [0.25, 0.3) is 6.71 Å². The predicted molar refractivity (Wildman–Crippen MR) is 137 cm³/mol. The van der Waals surface area contributed by atoms with Crippen LogP contribution in [0.4, 0.5) is 0 Å². The maximum atomic E-state index is 6.63. The van der Waals surface area contributed by atoms with Gasteiger partial charge in [0.05, 0.1) is 0 Å². The highest BCUT2D eigenvalue weighted by Gasteiger charge is 2.41. The van der Waals surface area contributed by atoms with E-state index in [1.807, 2.05) is 36.4 Å². The second kappa shape index (κ2) is 6.55. The highest BCUT2D eigenvalue weighted by Crippen LogP contribution is 2.43. The topological polar surface area (TPSA) is 31.6 Å². The van der Waals surface area contributed by atoms with Crippen LogP contribution in [-0.2, 0) is 0 Å². The predicted octanol–water partition coefficient (Wildman–Crippen LogP) is 5.98. The molecule has 0 amide bonds. The molecule has 4 heteroatoms. The van der Waals surface area contributed by atoms with Gasteiger partial charge in [-0.15, -0.1) is 0 Å². The number of ether oxygens (including phenoxy) is 2. The van der Waals surface area contributed by atoms with Gasteiger partial charge in [-0.1, -0.05) is 72.8 Å². The van der Waals surface area contributed by atoms with Crippen molar-refractivity contribution in [2.45, 2.75) is 0 Å². The Morgan fingerprint density at radius 1 is 0.500 bits per heavy atom. The van der Waals surface area contributed by atoms with Crippen molar-refractivity contribution < 1.29 is 13.9 Å². The van der Waals surface area contributed by atoms with Crippen LogP contribution in [0.1, 0.15) is 0 Å². The Balaban J connectivity index is 1.45. The number of benzene rings is 5. The van der Waals surface area contributed by atoms with E-state index in [0.717, 1.165) is 72.5 Å². The molecule has 0 spiro atoms. The van der Waals surface area contributed by atoms with Gasteiger partial charge >= 0.3 is 0 Å². The zero-order valence-electron chi connectivity index (χ0n) is 18.1. The molecule has 0 aliphatic carbocycles. The third-order valence-electron chi connectivity index (χ3n) is 7.03. The summed E-state index contributed by atoms with van der Waals surface area (Å²) in [6.45, 7) is 0.0507. The van der Waals surface area contributed by atoms with Gasteiger partial charge in [-0.3, -0.25) is 0 Å². The Bertz CT molecular complexity index is 1770. The Morgan fingerprint density at radius 3 is 2.06 bits per heavy atom. The SMILES string of the molecule is c1ccc2c(c1)Oc1ccc(-c3cccc4c3oc3ccccc34)c3c1B2c1ccccc1O3. The molecule has 34 heavy (non-hydrogen) atoms. The van der Waals surface area contributed by atoms with E-state index in [2.05, 4.69) is 66.7 Å². The molecule has 5 aromatic carbocycles. The van der Waals surface area contributed by atoms with Crippen LogP contribution in [0.25, 0.3) is 33.1 Å². The fourth-order valence-corrected chi connectivity index (χ4v) is 5.56.